The minimum absolute atomic E-state index is 0.183. The molecule has 0 spiro atoms. The highest BCUT2D eigenvalue weighted by atomic mass is 31.0. The highest BCUT2D eigenvalue weighted by molar-refractivity contribution is 7.17. The van der Waals surface area contributed by atoms with E-state index in [0.29, 0.717) is 24.3 Å². The monoisotopic (exact) mass is 563 g/mol. The van der Waals surface area contributed by atoms with E-state index < -0.39 is 11.6 Å². The second-order valence-electron chi connectivity index (χ2n) is 10.6. The summed E-state index contributed by atoms with van der Waals surface area (Å²) in [5.41, 5.74) is 2.33. The van der Waals surface area contributed by atoms with E-state index in [2.05, 4.69) is 37.0 Å². The quantitative estimate of drug-likeness (QED) is 0.340. The molecule has 0 saturated carbocycles. The summed E-state index contributed by atoms with van der Waals surface area (Å²) in [5.74, 6) is -0.408. The summed E-state index contributed by atoms with van der Waals surface area (Å²) in [6.45, 7) is 5.61. The normalized spacial score (nSPS) is 16.4. The number of imidazole rings is 1. The third-order valence-electron chi connectivity index (χ3n) is 7.72. The van der Waals surface area contributed by atoms with Crippen LogP contribution < -0.4 is 10.2 Å². The third kappa shape index (κ3) is 5.70. The van der Waals surface area contributed by atoms with Gasteiger partial charge < -0.3 is 15.1 Å². The fraction of sp³-hybridized carbons (Fsp3) is 0.345. The van der Waals surface area contributed by atoms with E-state index >= 15 is 0 Å². The van der Waals surface area contributed by atoms with E-state index in [1.165, 1.54) is 17.7 Å². The van der Waals surface area contributed by atoms with Gasteiger partial charge in [0.15, 0.2) is 5.65 Å². The number of fused-ring (bicyclic) bond motifs is 2. The highest BCUT2D eigenvalue weighted by Gasteiger charge is 2.27. The summed E-state index contributed by atoms with van der Waals surface area (Å²) in [6.07, 6.45) is 8.13. The summed E-state index contributed by atoms with van der Waals surface area (Å²) in [4.78, 5) is 28.7. The van der Waals surface area contributed by atoms with E-state index in [-0.39, 0.29) is 11.1 Å². The summed E-state index contributed by atoms with van der Waals surface area (Å²) >= 11 is 0. The van der Waals surface area contributed by atoms with Crippen LogP contribution in [0.15, 0.2) is 61.2 Å². The van der Waals surface area contributed by atoms with Crippen molar-refractivity contribution in [2.45, 2.75) is 25.2 Å². The molecule has 2 aromatic heterocycles. The van der Waals surface area contributed by atoms with Gasteiger partial charge in [0.1, 0.15) is 0 Å². The minimum atomic E-state index is -3.13. The number of aromatic nitrogens is 3. The van der Waals surface area contributed by atoms with Crippen LogP contribution in [0.4, 0.5) is 20.2 Å². The molecule has 40 heavy (non-hydrogen) atoms. The Bertz CT molecular complexity index is 1550. The topological polar surface area (TPSA) is 69.0 Å². The Labute approximate surface area is 234 Å². The third-order valence-corrected chi connectivity index (χ3v) is 8.06. The van der Waals surface area contributed by atoms with Gasteiger partial charge in [0.05, 0.1) is 24.6 Å². The van der Waals surface area contributed by atoms with Crippen molar-refractivity contribution in [3.8, 4) is 0 Å². The number of anilines is 2. The maximum absolute atomic E-state index is 14.4. The first kappa shape index (κ1) is 26.7. The Morgan fingerprint density at radius 2 is 1.88 bits per heavy atom. The first-order valence-corrected chi connectivity index (χ1v) is 14.0. The lowest BCUT2D eigenvalue weighted by molar-refractivity contribution is 0.101. The maximum Gasteiger partial charge on any atom is 0.283 e. The Hall–Kier alpha value is -3.46. The lowest BCUT2D eigenvalue weighted by Gasteiger charge is -2.32. The molecule has 4 heterocycles. The van der Waals surface area contributed by atoms with Crippen molar-refractivity contribution in [2.75, 3.05) is 50.0 Å². The molecule has 208 valence electrons. The van der Waals surface area contributed by atoms with Gasteiger partial charge in [-0.3, -0.25) is 19.1 Å². The van der Waals surface area contributed by atoms with Crippen molar-refractivity contribution in [3.63, 3.8) is 0 Å². The van der Waals surface area contributed by atoms with Crippen LogP contribution in [0.25, 0.3) is 5.65 Å². The van der Waals surface area contributed by atoms with Gasteiger partial charge >= 0.3 is 0 Å². The molecule has 0 radical (unpaired) electrons. The second-order valence-corrected chi connectivity index (χ2v) is 11.4. The molecule has 1 fully saturated rings. The van der Waals surface area contributed by atoms with Crippen molar-refractivity contribution < 1.29 is 13.6 Å². The molecule has 2 aliphatic rings. The number of amides is 1. The molecule has 0 bridgehead atoms. The van der Waals surface area contributed by atoms with E-state index in [1.54, 1.807) is 27.7 Å². The predicted molar refractivity (Wildman–Crippen MR) is 155 cm³/mol. The molecule has 8 nitrogen and oxygen atoms in total. The van der Waals surface area contributed by atoms with Gasteiger partial charge in [0.25, 0.3) is 11.6 Å². The van der Waals surface area contributed by atoms with Gasteiger partial charge in [0, 0.05) is 74.2 Å². The Morgan fingerprint density at radius 1 is 1.05 bits per heavy atom. The van der Waals surface area contributed by atoms with Crippen LogP contribution in [0, 0.1) is 0 Å². The number of carbonyl (C=O) groups excluding carboxylic acids is 1. The Morgan fingerprint density at radius 3 is 2.67 bits per heavy atom. The summed E-state index contributed by atoms with van der Waals surface area (Å²) in [7, 11) is 3.66. The molecule has 1 unspecified atom stereocenters. The van der Waals surface area contributed by atoms with Crippen molar-refractivity contribution in [1.82, 2.24) is 24.2 Å². The molecule has 11 heteroatoms. The summed E-state index contributed by atoms with van der Waals surface area (Å²) < 4.78 is 30.8. The van der Waals surface area contributed by atoms with Gasteiger partial charge in [-0.25, -0.2) is 4.98 Å². The number of rotatable bonds is 7. The van der Waals surface area contributed by atoms with Crippen LogP contribution in [0.5, 0.6) is 0 Å². The van der Waals surface area contributed by atoms with Crippen LogP contribution >= 0.6 is 9.24 Å². The smallest absolute Gasteiger partial charge is 0.283 e. The van der Waals surface area contributed by atoms with Crippen LogP contribution in [0.2, 0.25) is 0 Å². The standard InChI is InChI=1S/C29H32F2N7OP/c1-35-8-10-36(11-9-35)18-20-12-22(14-23(13-20)29(30,31)40)28(39)34-24-3-2-21-4-6-37(26(21)15-24)19-25-16-33-27-17-32-5-7-38(25)27/h2-3,5,7,12-17H,4,6,8-11,18-19,40H2,1H3,(H,34,39). The fourth-order valence-electron chi connectivity index (χ4n) is 5.47. The van der Waals surface area contributed by atoms with Crippen molar-refractivity contribution in [3.05, 3.63) is 89.1 Å². The molecule has 1 atom stereocenters. The average Bonchev–Trinajstić information content (AvgIpc) is 3.53. The zero-order valence-electron chi connectivity index (χ0n) is 22.4. The van der Waals surface area contributed by atoms with Crippen LogP contribution in [0.1, 0.15) is 32.7 Å². The average molecular weight is 564 g/mol. The highest BCUT2D eigenvalue weighted by Crippen LogP contribution is 2.36. The number of piperazine rings is 1. The van der Waals surface area contributed by atoms with Crippen LogP contribution in [-0.2, 0) is 25.2 Å². The van der Waals surface area contributed by atoms with Crippen molar-refractivity contribution in [1.29, 1.82) is 0 Å². The number of hydrogen-bond acceptors (Lipinski definition) is 6. The molecule has 1 N–H and O–H groups in total. The lowest BCUT2D eigenvalue weighted by Crippen LogP contribution is -2.43. The number of nitrogens with one attached hydrogen (secondary N) is 1. The molecule has 4 aromatic rings. The van der Waals surface area contributed by atoms with Gasteiger partial charge in [-0.05, 0) is 54.9 Å². The molecular formula is C29H32F2N7OP. The van der Waals surface area contributed by atoms with Gasteiger partial charge in [-0.15, -0.1) is 0 Å². The zero-order valence-corrected chi connectivity index (χ0v) is 23.5. The number of benzene rings is 2. The molecular weight excluding hydrogens is 531 g/mol. The van der Waals surface area contributed by atoms with Gasteiger partial charge in [-0.1, -0.05) is 15.3 Å². The largest absolute Gasteiger partial charge is 0.365 e. The fourth-order valence-corrected chi connectivity index (χ4v) is 5.64. The van der Waals surface area contributed by atoms with E-state index in [4.69, 9.17) is 0 Å². The molecule has 6 rings (SSSR count). The maximum atomic E-state index is 14.4. The minimum Gasteiger partial charge on any atom is -0.365 e. The SMILES string of the molecule is CN1CCN(Cc2cc(C(=O)Nc3ccc4c(c3)N(Cc3cnc5cnccn35)CC4)cc(C(F)(F)P)c2)CC1. The van der Waals surface area contributed by atoms with Crippen LogP contribution in [0.3, 0.4) is 0 Å². The number of likely N-dealkylation sites (N-methyl/N-ethyl adjacent to an activating group) is 1. The molecule has 2 aliphatic heterocycles. The van der Waals surface area contributed by atoms with E-state index in [0.717, 1.165) is 56.2 Å². The Kier molecular flexibility index (Phi) is 7.25. The number of alkyl halides is 2. The molecule has 0 aliphatic carbocycles. The molecule has 2 aromatic carbocycles. The van der Waals surface area contributed by atoms with Crippen molar-refractivity contribution >= 4 is 32.2 Å². The van der Waals surface area contributed by atoms with Crippen molar-refractivity contribution in [2.24, 2.45) is 0 Å². The number of carbonyl (C=O) groups is 1. The lowest BCUT2D eigenvalue weighted by atomic mass is 10.0. The van der Waals surface area contributed by atoms with E-state index in [1.807, 2.05) is 35.0 Å². The Balaban J connectivity index is 1.21. The second kappa shape index (κ2) is 10.8. The van der Waals surface area contributed by atoms with Gasteiger partial charge in [0.2, 0.25) is 0 Å². The summed E-state index contributed by atoms with van der Waals surface area (Å²) in [6, 6.07) is 10.4. The first-order valence-electron chi connectivity index (χ1n) is 13.4. The van der Waals surface area contributed by atoms with Crippen LogP contribution in [-0.4, -0.2) is 69.8 Å². The predicted octanol–water partition coefficient (Wildman–Crippen LogP) is 4.22. The zero-order chi connectivity index (χ0) is 27.9. The molecule has 1 amide bonds. The first-order chi connectivity index (χ1) is 19.2. The molecule has 1 saturated heterocycles. The summed E-state index contributed by atoms with van der Waals surface area (Å²) in [5, 5.41) is 2.95. The number of halogens is 2. The van der Waals surface area contributed by atoms with Gasteiger partial charge in [-0.2, -0.15) is 8.78 Å². The number of hydrogen-bond donors (Lipinski definition) is 1. The van der Waals surface area contributed by atoms with E-state index in [9.17, 15) is 13.6 Å². The number of nitrogens with zero attached hydrogens (tertiary/aromatic N) is 6.